The van der Waals surface area contributed by atoms with Gasteiger partial charge in [0.05, 0.1) is 10.6 Å². The zero-order valence-corrected chi connectivity index (χ0v) is 19.7. The summed E-state index contributed by atoms with van der Waals surface area (Å²) in [6.07, 6.45) is 7.15. The van der Waals surface area contributed by atoms with Crippen LogP contribution in [0.15, 0.2) is 27.9 Å². The van der Waals surface area contributed by atoms with Crippen LogP contribution in [-0.4, -0.2) is 35.1 Å². The molecule has 0 spiro atoms. The second kappa shape index (κ2) is 8.87. The molecule has 0 radical (unpaired) electrons. The molecule has 2 aliphatic rings. The van der Waals surface area contributed by atoms with Gasteiger partial charge in [-0.3, -0.25) is 4.79 Å². The third-order valence-electron chi connectivity index (χ3n) is 6.82. The standard InChI is InChI=1S/C24H33N3O3S/c1-4-18-13-14-19(16-22(18)31(29,30)27-15-9-8-10-17(27)3)23-20-11-6-7-12-21(20)24(28)26(5-2)25-23/h13-14,16-17H,4-12,15H2,1-3H3/t17-/m1/s1. The van der Waals surface area contributed by atoms with Crippen LogP contribution < -0.4 is 5.56 Å². The molecule has 1 saturated heterocycles. The summed E-state index contributed by atoms with van der Waals surface area (Å²) >= 11 is 0. The lowest BCUT2D eigenvalue weighted by atomic mass is 9.89. The van der Waals surface area contributed by atoms with E-state index in [9.17, 15) is 13.2 Å². The number of fused-ring (bicyclic) bond motifs is 1. The Bertz CT molecular complexity index is 1140. The van der Waals surface area contributed by atoms with Gasteiger partial charge in [-0.1, -0.05) is 25.5 Å². The summed E-state index contributed by atoms with van der Waals surface area (Å²) in [6.45, 7) is 6.99. The number of nitrogens with zero attached hydrogens (tertiary/aromatic N) is 3. The predicted octanol–water partition coefficient (Wildman–Crippen LogP) is 3.93. The fourth-order valence-corrected chi connectivity index (χ4v) is 7.04. The van der Waals surface area contributed by atoms with Gasteiger partial charge < -0.3 is 0 Å². The van der Waals surface area contributed by atoms with E-state index in [0.29, 0.717) is 24.4 Å². The van der Waals surface area contributed by atoms with Gasteiger partial charge in [0.25, 0.3) is 5.56 Å². The smallest absolute Gasteiger partial charge is 0.267 e. The van der Waals surface area contributed by atoms with Gasteiger partial charge in [-0.2, -0.15) is 9.40 Å². The lowest BCUT2D eigenvalue weighted by Crippen LogP contribution is -2.42. The summed E-state index contributed by atoms with van der Waals surface area (Å²) in [5.41, 5.74) is 4.25. The molecular weight excluding hydrogens is 410 g/mol. The van der Waals surface area contributed by atoms with Crippen molar-refractivity contribution in [2.75, 3.05) is 6.54 Å². The van der Waals surface area contributed by atoms with E-state index < -0.39 is 10.0 Å². The minimum atomic E-state index is -3.59. The number of aryl methyl sites for hydroxylation is 2. The molecule has 0 saturated carbocycles. The molecular formula is C24H33N3O3S. The van der Waals surface area contributed by atoms with Crippen molar-refractivity contribution in [1.82, 2.24) is 14.1 Å². The van der Waals surface area contributed by atoms with Crippen LogP contribution in [0, 0.1) is 0 Å². The molecule has 31 heavy (non-hydrogen) atoms. The van der Waals surface area contributed by atoms with Gasteiger partial charge in [0.1, 0.15) is 0 Å². The Hall–Kier alpha value is -1.99. The van der Waals surface area contributed by atoms with Crippen molar-refractivity contribution in [3.8, 4) is 11.3 Å². The van der Waals surface area contributed by atoms with Gasteiger partial charge in [0, 0.05) is 30.3 Å². The largest absolute Gasteiger partial charge is 0.270 e. The van der Waals surface area contributed by atoms with Crippen molar-refractivity contribution in [2.45, 2.75) is 89.6 Å². The summed E-state index contributed by atoms with van der Waals surface area (Å²) in [4.78, 5) is 13.2. The van der Waals surface area contributed by atoms with Crippen molar-refractivity contribution in [1.29, 1.82) is 0 Å². The van der Waals surface area contributed by atoms with E-state index in [1.54, 1.807) is 10.4 Å². The number of piperidine rings is 1. The van der Waals surface area contributed by atoms with Crippen LogP contribution in [0.2, 0.25) is 0 Å². The fraction of sp³-hybridized carbons (Fsp3) is 0.583. The summed E-state index contributed by atoms with van der Waals surface area (Å²) in [5.74, 6) is 0. The Kier molecular flexibility index (Phi) is 6.35. The average Bonchev–Trinajstić information content (AvgIpc) is 2.79. The Labute approximate surface area is 185 Å². The minimum Gasteiger partial charge on any atom is -0.267 e. The first kappa shape index (κ1) is 22.2. The predicted molar refractivity (Wildman–Crippen MR) is 123 cm³/mol. The maximum atomic E-state index is 13.7. The highest BCUT2D eigenvalue weighted by Gasteiger charge is 2.33. The maximum absolute atomic E-state index is 13.7. The molecule has 1 atom stereocenters. The van der Waals surface area contributed by atoms with Crippen molar-refractivity contribution >= 4 is 10.0 Å². The zero-order chi connectivity index (χ0) is 22.2. The van der Waals surface area contributed by atoms with Crippen LogP contribution in [0.3, 0.4) is 0 Å². The SMILES string of the molecule is CCc1ccc(-c2nn(CC)c(=O)c3c2CCCC3)cc1S(=O)(=O)N1CCCC[C@H]1C. The maximum Gasteiger partial charge on any atom is 0.270 e. The Morgan fingerprint density at radius 2 is 1.81 bits per heavy atom. The van der Waals surface area contributed by atoms with Crippen LogP contribution in [0.25, 0.3) is 11.3 Å². The first-order chi connectivity index (χ1) is 14.9. The molecule has 1 aliphatic carbocycles. The Morgan fingerprint density at radius 1 is 1.06 bits per heavy atom. The molecule has 0 unspecified atom stereocenters. The molecule has 4 rings (SSSR count). The number of rotatable bonds is 5. The minimum absolute atomic E-state index is 0.00103. The highest BCUT2D eigenvalue weighted by atomic mass is 32.2. The summed E-state index contributed by atoms with van der Waals surface area (Å²) < 4.78 is 30.5. The molecule has 1 aromatic heterocycles. The van der Waals surface area contributed by atoms with Crippen molar-refractivity contribution in [2.24, 2.45) is 0 Å². The van der Waals surface area contributed by atoms with E-state index in [1.165, 1.54) is 4.68 Å². The fourth-order valence-electron chi connectivity index (χ4n) is 5.02. The van der Waals surface area contributed by atoms with Gasteiger partial charge in [-0.25, -0.2) is 13.1 Å². The van der Waals surface area contributed by atoms with Crippen LogP contribution in [0.1, 0.15) is 69.6 Å². The highest BCUT2D eigenvalue weighted by molar-refractivity contribution is 7.89. The van der Waals surface area contributed by atoms with E-state index in [4.69, 9.17) is 0 Å². The lowest BCUT2D eigenvalue weighted by Gasteiger charge is -2.33. The molecule has 2 aromatic rings. The summed E-state index contributed by atoms with van der Waals surface area (Å²) in [5, 5.41) is 4.68. The van der Waals surface area contributed by atoms with E-state index in [-0.39, 0.29) is 11.6 Å². The molecule has 6 nitrogen and oxygen atoms in total. The second-order valence-electron chi connectivity index (χ2n) is 8.77. The van der Waals surface area contributed by atoms with E-state index >= 15 is 0 Å². The molecule has 7 heteroatoms. The van der Waals surface area contributed by atoms with Crippen LogP contribution in [0.4, 0.5) is 0 Å². The average molecular weight is 444 g/mol. The van der Waals surface area contributed by atoms with E-state index in [0.717, 1.165) is 72.9 Å². The summed E-state index contributed by atoms with van der Waals surface area (Å²) in [7, 11) is -3.59. The first-order valence-corrected chi connectivity index (χ1v) is 13.1. The van der Waals surface area contributed by atoms with Crippen LogP contribution >= 0.6 is 0 Å². The van der Waals surface area contributed by atoms with E-state index in [2.05, 4.69) is 5.10 Å². The monoisotopic (exact) mass is 443 g/mol. The third kappa shape index (κ3) is 3.98. The molecule has 1 aliphatic heterocycles. The zero-order valence-electron chi connectivity index (χ0n) is 18.9. The van der Waals surface area contributed by atoms with Crippen molar-refractivity contribution < 1.29 is 8.42 Å². The number of hydrogen-bond acceptors (Lipinski definition) is 4. The topological polar surface area (TPSA) is 72.3 Å². The van der Waals surface area contributed by atoms with Gasteiger partial charge in [-0.15, -0.1) is 0 Å². The van der Waals surface area contributed by atoms with Crippen molar-refractivity contribution in [3.63, 3.8) is 0 Å². The summed E-state index contributed by atoms with van der Waals surface area (Å²) in [6, 6.07) is 5.71. The van der Waals surface area contributed by atoms with Gasteiger partial charge in [0.15, 0.2) is 0 Å². The third-order valence-corrected chi connectivity index (χ3v) is 8.91. The molecule has 0 N–H and O–H groups in total. The second-order valence-corrected chi connectivity index (χ2v) is 10.6. The Balaban J connectivity index is 1.88. The van der Waals surface area contributed by atoms with E-state index in [1.807, 2.05) is 32.9 Å². The Morgan fingerprint density at radius 3 is 2.48 bits per heavy atom. The normalized spacial score (nSPS) is 19.9. The number of aromatic nitrogens is 2. The number of hydrogen-bond donors (Lipinski definition) is 0. The van der Waals surface area contributed by atoms with Gasteiger partial charge >= 0.3 is 0 Å². The quantitative estimate of drug-likeness (QED) is 0.702. The molecule has 0 amide bonds. The number of sulfonamides is 1. The van der Waals surface area contributed by atoms with Gasteiger partial charge in [0.2, 0.25) is 10.0 Å². The molecule has 2 heterocycles. The molecule has 1 fully saturated rings. The lowest BCUT2D eigenvalue weighted by molar-refractivity contribution is 0.268. The highest BCUT2D eigenvalue weighted by Crippen LogP contribution is 2.33. The molecule has 168 valence electrons. The molecule has 1 aromatic carbocycles. The number of benzene rings is 1. The molecule has 0 bridgehead atoms. The van der Waals surface area contributed by atoms with Crippen molar-refractivity contribution in [3.05, 3.63) is 45.2 Å². The first-order valence-electron chi connectivity index (χ1n) is 11.7. The van der Waals surface area contributed by atoms with Crippen LogP contribution in [-0.2, 0) is 35.8 Å². The van der Waals surface area contributed by atoms with Crippen LogP contribution in [0.5, 0.6) is 0 Å². The van der Waals surface area contributed by atoms with Gasteiger partial charge in [-0.05, 0) is 76.0 Å².